The molecule has 0 heterocycles. The van der Waals surface area contributed by atoms with Crippen LogP contribution in [0.15, 0.2) is 53.6 Å². The van der Waals surface area contributed by atoms with E-state index in [-0.39, 0.29) is 23.2 Å². The number of ether oxygens (including phenoxy) is 1. The first-order chi connectivity index (χ1) is 13.2. The van der Waals surface area contributed by atoms with Gasteiger partial charge in [-0.3, -0.25) is 5.43 Å². The van der Waals surface area contributed by atoms with Crippen molar-refractivity contribution in [3.05, 3.63) is 64.7 Å². The summed E-state index contributed by atoms with van der Waals surface area (Å²) in [5, 5.41) is 3.99. The molecule has 0 saturated carbocycles. The molecule has 0 saturated heterocycles. The van der Waals surface area contributed by atoms with Gasteiger partial charge in [-0.05, 0) is 30.7 Å². The van der Waals surface area contributed by atoms with Crippen LogP contribution in [-0.2, 0) is 22.3 Å². The third-order valence-corrected chi connectivity index (χ3v) is 3.99. The Morgan fingerprint density at radius 3 is 2.50 bits per heavy atom. The number of rotatable bonds is 5. The fourth-order valence-electron chi connectivity index (χ4n) is 2.32. The Kier molecular flexibility index (Phi) is 7.28. The minimum Gasteiger partial charge on any atom is -0.460 e. The van der Waals surface area contributed by atoms with Crippen molar-refractivity contribution in [2.24, 2.45) is 5.10 Å². The molecule has 0 amide bonds. The third-order valence-electron chi connectivity index (χ3n) is 3.66. The number of hydrogen-bond donors (Lipinski definition) is 1. The second-order valence-electron chi connectivity index (χ2n) is 5.80. The number of nitrogens with one attached hydrogen (secondary N) is 1. The second-order valence-corrected chi connectivity index (χ2v) is 6.21. The highest BCUT2D eigenvalue weighted by molar-refractivity contribution is 6.35. The molecule has 0 fully saturated rings. The van der Waals surface area contributed by atoms with Gasteiger partial charge in [0.1, 0.15) is 0 Å². The standard InChI is InChI=1S/C19H19ClF3N3O2/c1-3-28-18(27)17(26(2)12-13-7-5-4-6-8-13)25-24-16-11-14(19(21,22)23)9-10-15(16)20/h4-11,24H,3,12H2,1-2H3/b25-17-. The molecule has 2 aromatic carbocycles. The number of esters is 1. The first kappa shape index (κ1) is 21.6. The highest BCUT2D eigenvalue weighted by Crippen LogP contribution is 2.33. The highest BCUT2D eigenvalue weighted by atomic mass is 35.5. The summed E-state index contributed by atoms with van der Waals surface area (Å²) < 4.78 is 43.7. The lowest BCUT2D eigenvalue weighted by Gasteiger charge is -2.20. The molecular weight excluding hydrogens is 395 g/mol. The second kappa shape index (κ2) is 9.45. The summed E-state index contributed by atoms with van der Waals surface area (Å²) in [7, 11) is 1.62. The zero-order valence-corrected chi connectivity index (χ0v) is 16.0. The van der Waals surface area contributed by atoms with Crippen LogP contribution in [0.3, 0.4) is 0 Å². The Labute approximate surface area is 165 Å². The number of nitrogens with zero attached hydrogens (tertiary/aromatic N) is 2. The predicted molar refractivity (Wildman–Crippen MR) is 102 cm³/mol. The van der Waals surface area contributed by atoms with Gasteiger partial charge in [0.2, 0.25) is 5.84 Å². The molecule has 2 aromatic rings. The molecule has 0 spiro atoms. The normalized spacial score (nSPS) is 11.9. The first-order valence-electron chi connectivity index (χ1n) is 8.35. The number of halogens is 4. The largest absolute Gasteiger partial charge is 0.460 e. The van der Waals surface area contributed by atoms with Crippen LogP contribution in [0.4, 0.5) is 18.9 Å². The van der Waals surface area contributed by atoms with E-state index >= 15 is 0 Å². The fourth-order valence-corrected chi connectivity index (χ4v) is 2.47. The van der Waals surface area contributed by atoms with Gasteiger partial charge in [0.05, 0.1) is 22.9 Å². The van der Waals surface area contributed by atoms with Gasteiger partial charge in [-0.25, -0.2) is 4.79 Å². The van der Waals surface area contributed by atoms with Crippen LogP contribution in [0.25, 0.3) is 0 Å². The Morgan fingerprint density at radius 2 is 1.89 bits per heavy atom. The number of hydrazone groups is 1. The molecule has 0 radical (unpaired) electrons. The van der Waals surface area contributed by atoms with E-state index in [2.05, 4.69) is 10.5 Å². The summed E-state index contributed by atoms with van der Waals surface area (Å²) in [6, 6.07) is 12.1. The van der Waals surface area contributed by atoms with Crippen LogP contribution in [0.5, 0.6) is 0 Å². The lowest BCUT2D eigenvalue weighted by atomic mass is 10.2. The summed E-state index contributed by atoms with van der Waals surface area (Å²) in [6.07, 6.45) is -4.53. The molecule has 28 heavy (non-hydrogen) atoms. The number of benzene rings is 2. The Balaban J connectivity index is 2.28. The smallest absolute Gasteiger partial charge is 0.416 e. The van der Waals surface area contributed by atoms with Gasteiger partial charge in [-0.15, -0.1) is 5.10 Å². The maximum absolute atomic E-state index is 12.9. The van der Waals surface area contributed by atoms with Crippen molar-refractivity contribution in [2.45, 2.75) is 19.6 Å². The summed E-state index contributed by atoms with van der Waals surface area (Å²) in [5.74, 6) is -0.810. The van der Waals surface area contributed by atoms with Gasteiger partial charge < -0.3 is 9.64 Å². The maximum atomic E-state index is 12.9. The molecule has 150 valence electrons. The molecule has 0 aliphatic carbocycles. The molecule has 2 rings (SSSR count). The molecule has 0 unspecified atom stereocenters. The zero-order chi connectivity index (χ0) is 20.7. The van der Waals surface area contributed by atoms with Crippen molar-refractivity contribution >= 4 is 29.1 Å². The third kappa shape index (κ3) is 5.88. The fraction of sp³-hybridized carbons (Fsp3) is 0.263. The van der Waals surface area contributed by atoms with Crippen LogP contribution >= 0.6 is 11.6 Å². The van der Waals surface area contributed by atoms with Gasteiger partial charge in [0.15, 0.2) is 0 Å². The van der Waals surface area contributed by atoms with Crippen molar-refractivity contribution in [3.63, 3.8) is 0 Å². The van der Waals surface area contributed by atoms with Crippen LogP contribution in [0, 0.1) is 0 Å². The van der Waals surface area contributed by atoms with E-state index in [4.69, 9.17) is 16.3 Å². The quantitative estimate of drug-likeness (QED) is 0.332. The number of alkyl halides is 3. The zero-order valence-electron chi connectivity index (χ0n) is 15.3. The highest BCUT2D eigenvalue weighted by Gasteiger charge is 2.31. The van der Waals surface area contributed by atoms with Crippen molar-refractivity contribution < 1.29 is 22.7 Å². The van der Waals surface area contributed by atoms with E-state index in [0.29, 0.717) is 6.54 Å². The average molecular weight is 414 g/mol. The Hall–Kier alpha value is -2.74. The monoisotopic (exact) mass is 413 g/mol. The molecule has 5 nitrogen and oxygen atoms in total. The molecule has 9 heteroatoms. The SMILES string of the molecule is CCOC(=O)/C(=N/Nc1cc(C(F)(F)F)ccc1Cl)N(C)Cc1ccccc1. The minimum absolute atomic E-state index is 0.0330. The average Bonchev–Trinajstić information content (AvgIpc) is 2.63. The van der Waals surface area contributed by atoms with E-state index in [1.807, 2.05) is 30.3 Å². The number of hydrogen-bond acceptors (Lipinski definition) is 4. The molecule has 0 bridgehead atoms. The van der Waals surface area contributed by atoms with Crippen molar-refractivity contribution in [1.82, 2.24) is 4.90 Å². The number of amidine groups is 1. The number of likely N-dealkylation sites (N-methyl/N-ethyl adjacent to an activating group) is 1. The molecule has 0 atom stereocenters. The number of carbonyl (C=O) groups excluding carboxylic acids is 1. The van der Waals surface area contributed by atoms with Crippen LogP contribution in [0.1, 0.15) is 18.1 Å². The molecule has 0 aliphatic rings. The van der Waals surface area contributed by atoms with E-state index < -0.39 is 17.7 Å². The van der Waals surface area contributed by atoms with Crippen LogP contribution < -0.4 is 5.43 Å². The van der Waals surface area contributed by atoms with Gasteiger partial charge in [-0.2, -0.15) is 13.2 Å². The molecule has 0 aliphatic heterocycles. The Morgan fingerprint density at radius 1 is 1.21 bits per heavy atom. The lowest BCUT2D eigenvalue weighted by molar-refractivity contribution is -0.137. The van der Waals surface area contributed by atoms with Gasteiger partial charge in [-0.1, -0.05) is 41.9 Å². The topological polar surface area (TPSA) is 53.9 Å². The number of anilines is 1. The van der Waals surface area contributed by atoms with E-state index in [1.54, 1.807) is 14.0 Å². The van der Waals surface area contributed by atoms with Crippen molar-refractivity contribution in [1.29, 1.82) is 0 Å². The molecule has 1 N–H and O–H groups in total. The van der Waals surface area contributed by atoms with Crippen LogP contribution in [0.2, 0.25) is 5.02 Å². The van der Waals surface area contributed by atoms with E-state index in [1.165, 1.54) is 4.90 Å². The first-order valence-corrected chi connectivity index (χ1v) is 8.72. The summed E-state index contributed by atoms with van der Waals surface area (Å²) in [6.45, 7) is 2.11. The van der Waals surface area contributed by atoms with E-state index in [0.717, 1.165) is 23.8 Å². The maximum Gasteiger partial charge on any atom is 0.416 e. The Bertz CT molecular complexity index is 842. The van der Waals surface area contributed by atoms with Crippen LogP contribution in [-0.4, -0.2) is 30.4 Å². The number of carbonyl (C=O) groups is 1. The summed E-state index contributed by atoms with van der Waals surface area (Å²) >= 11 is 5.95. The van der Waals surface area contributed by atoms with Gasteiger partial charge in [0.25, 0.3) is 0 Å². The van der Waals surface area contributed by atoms with Gasteiger partial charge in [0, 0.05) is 13.6 Å². The van der Waals surface area contributed by atoms with Crippen molar-refractivity contribution in [2.75, 3.05) is 19.1 Å². The van der Waals surface area contributed by atoms with E-state index in [9.17, 15) is 18.0 Å². The van der Waals surface area contributed by atoms with Gasteiger partial charge >= 0.3 is 12.1 Å². The minimum atomic E-state index is -4.53. The summed E-state index contributed by atoms with van der Waals surface area (Å²) in [5.41, 5.74) is 2.40. The summed E-state index contributed by atoms with van der Waals surface area (Å²) in [4.78, 5) is 13.8. The molecular formula is C19H19ClF3N3O2. The predicted octanol–water partition coefficient (Wildman–Crippen LogP) is 4.78. The lowest BCUT2D eigenvalue weighted by Crippen LogP contribution is -2.35. The van der Waals surface area contributed by atoms with Crippen molar-refractivity contribution in [3.8, 4) is 0 Å². The molecule has 0 aromatic heterocycles.